The SMILES string of the molecule is CC(=O)N(C)CC(=O)N[C@@H](C(=O)O)C(C)C. The Morgan fingerprint density at radius 2 is 1.81 bits per heavy atom. The average molecular weight is 230 g/mol. The van der Waals surface area contributed by atoms with E-state index in [1.807, 2.05) is 0 Å². The number of aliphatic carboxylic acids is 1. The molecule has 0 heterocycles. The largest absolute Gasteiger partial charge is 0.480 e. The first kappa shape index (κ1) is 14.4. The number of hydrogen-bond acceptors (Lipinski definition) is 3. The van der Waals surface area contributed by atoms with Crippen LogP contribution in [-0.2, 0) is 14.4 Å². The number of nitrogens with one attached hydrogen (secondary N) is 1. The van der Waals surface area contributed by atoms with E-state index in [0.717, 1.165) is 0 Å². The lowest BCUT2D eigenvalue weighted by Crippen LogP contribution is -2.48. The standard InChI is InChI=1S/C10H18N2O4/c1-6(2)9(10(15)16)11-8(14)5-12(4)7(3)13/h6,9H,5H2,1-4H3,(H,11,14)(H,15,16)/t9-/m1/s1. The fraction of sp³-hybridized carbons (Fsp3) is 0.700. The van der Waals surface area contributed by atoms with Gasteiger partial charge in [-0.15, -0.1) is 0 Å². The highest BCUT2D eigenvalue weighted by atomic mass is 16.4. The lowest BCUT2D eigenvalue weighted by Gasteiger charge is -2.20. The maximum absolute atomic E-state index is 11.4. The molecule has 0 spiro atoms. The predicted octanol–water partition coefficient (Wildman–Crippen LogP) is -0.310. The van der Waals surface area contributed by atoms with Gasteiger partial charge in [0.05, 0.1) is 6.54 Å². The lowest BCUT2D eigenvalue weighted by atomic mass is 10.0. The zero-order valence-corrected chi connectivity index (χ0v) is 9.98. The molecule has 0 aromatic heterocycles. The van der Waals surface area contributed by atoms with Crippen molar-refractivity contribution >= 4 is 17.8 Å². The van der Waals surface area contributed by atoms with E-state index in [4.69, 9.17) is 5.11 Å². The molecule has 92 valence electrons. The minimum Gasteiger partial charge on any atom is -0.480 e. The molecule has 0 bridgehead atoms. The molecule has 0 aromatic rings. The first-order chi connectivity index (χ1) is 7.25. The van der Waals surface area contributed by atoms with Crippen molar-refractivity contribution in [2.24, 2.45) is 5.92 Å². The van der Waals surface area contributed by atoms with Crippen LogP contribution in [0, 0.1) is 5.92 Å². The summed E-state index contributed by atoms with van der Waals surface area (Å²) in [4.78, 5) is 34.3. The van der Waals surface area contributed by atoms with E-state index in [-0.39, 0.29) is 18.4 Å². The predicted molar refractivity (Wildman–Crippen MR) is 57.7 cm³/mol. The maximum Gasteiger partial charge on any atom is 0.326 e. The number of hydrogen-bond donors (Lipinski definition) is 2. The Kier molecular flexibility index (Phi) is 5.49. The molecule has 0 unspecified atom stereocenters. The molecule has 0 aliphatic carbocycles. The minimum absolute atomic E-state index is 0.133. The number of carboxylic acids is 1. The van der Waals surface area contributed by atoms with Crippen molar-refractivity contribution in [3.8, 4) is 0 Å². The molecule has 16 heavy (non-hydrogen) atoms. The summed E-state index contributed by atoms with van der Waals surface area (Å²) in [5.41, 5.74) is 0. The Hall–Kier alpha value is -1.59. The third-order valence-corrected chi connectivity index (χ3v) is 2.17. The Bertz CT molecular complexity index is 289. The van der Waals surface area contributed by atoms with Crippen molar-refractivity contribution in [1.29, 1.82) is 0 Å². The van der Waals surface area contributed by atoms with E-state index >= 15 is 0 Å². The van der Waals surface area contributed by atoms with Gasteiger partial charge in [-0.2, -0.15) is 0 Å². The number of carboxylic acid groups (broad SMARTS) is 1. The molecule has 2 amide bonds. The van der Waals surface area contributed by atoms with Gasteiger partial charge < -0.3 is 15.3 Å². The van der Waals surface area contributed by atoms with Gasteiger partial charge >= 0.3 is 5.97 Å². The fourth-order valence-corrected chi connectivity index (χ4v) is 1.06. The summed E-state index contributed by atoms with van der Waals surface area (Å²) in [7, 11) is 1.48. The van der Waals surface area contributed by atoms with Gasteiger partial charge in [-0.25, -0.2) is 4.79 Å². The van der Waals surface area contributed by atoms with Crippen molar-refractivity contribution in [1.82, 2.24) is 10.2 Å². The van der Waals surface area contributed by atoms with E-state index < -0.39 is 17.9 Å². The van der Waals surface area contributed by atoms with Crippen LogP contribution in [0.3, 0.4) is 0 Å². The second kappa shape index (κ2) is 6.09. The summed E-state index contributed by atoms with van der Waals surface area (Å²) in [5.74, 6) is -2.00. The van der Waals surface area contributed by atoms with Crippen LogP contribution < -0.4 is 5.32 Å². The summed E-state index contributed by atoms with van der Waals surface area (Å²) in [6, 6.07) is -0.923. The smallest absolute Gasteiger partial charge is 0.326 e. The van der Waals surface area contributed by atoms with Crippen LogP contribution in [0.2, 0.25) is 0 Å². The number of carbonyl (C=O) groups excluding carboxylic acids is 2. The van der Waals surface area contributed by atoms with Crippen LogP contribution in [0.25, 0.3) is 0 Å². The summed E-state index contributed by atoms with van der Waals surface area (Å²) >= 11 is 0. The molecular weight excluding hydrogens is 212 g/mol. The third kappa shape index (κ3) is 4.77. The van der Waals surface area contributed by atoms with Gasteiger partial charge in [-0.1, -0.05) is 13.8 Å². The van der Waals surface area contributed by atoms with E-state index in [1.165, 1.54) is 18.9 Å². The van der Waals surface area contributed by atoms with Crippen LogP contribution in [0.4, 0.5) is 0 Å². The van der Waals surface area contributed by atoms with Crippen LogP contribution in [0.5, 0.6) is 0 Å². The average Bonchev–Trinajstić information content (AvgIpc) is 2.12. The van der Waals surface area contributed by atoms with E-state index in [0.29, 0.717) is 0 Å². The maximum atomic E-state index is 11.4. The molecule has 0 aliphatic rings. The first-order valence-electron chi connectivity index (χ1n) is 4.99. The van der Waals surface area contributed by atoms with Crippen molar-refractivity contribution in [3.05, 3.63) is 0 Å². The van der Waals surface area contributed by atoms with Gasteiger partial charge in [-0.05, 0) is 5.92 Å². The monoisotopic (exact) mass is 230 g/mol. The van der Waals surface area contributed by atoms with Crippen LogP contribution in [0.15, 0.2) is 0 Å². The highest BCUT2D eigenvalue weighted by Crippen LogP contribution is 2.01. The van der Waals surface area contributed by atoms with Gasteiger partial charge in [0.15, 0.2) is 0 Å². The van der Waals surface area contributed by atoms with Crippen molar-refractivity contribution in [2.75, 3.05) is 13.6 Å². The normalized spacial score (nSPS) is 12.1. The molecule has 0 fully saturated rings. The number of likely N-dealkylation sites (N-methyl/N-ethyl adjacent to an activating group) is 1. The molecule has 0 saturated carbocycles. The highest BCUT2D eigenvalue weighted by Gasteiger charge is 2.23. The quantitative estimate of drug-likeness (QED) is 0.678. The summed E-state index contributed by atoms with van der Waals surface area (Å²) in [6.07, 6.45) is 0. The molecule has 6 nitrogen and oxygen atoms in total. The fourth-order valence-electron chi connectivity index (χ4n) is 1.06. The van der Waals surface area contributed by atoms with Crippen molar-refractivity contribution < 1.29 is 19.5 Å². The van der Waals surface area contributed by atoms with E-state index in [2.05, 4.69) is 5.32 Å². The molecule has 6 heteroatoms. The summed E-state index contributed by atoms with van der Waals surface area (Å²) in [6.45, 7) is 4.61. The Morgan fingerprint density at radius 3 is 2.12 bits per heavy atom. The molecule has 2 N–H and O–H groups in total. The zero-order chi connectivity index (χ0) is 12.9. The summed E-state index contributed by atoms with van der Waals surface area (Å²) < 4.78 is 0. The highest BCUT2D eigenvalue weighted by molar-refractivity contribution is 5.87. The molecule has 1 atom stereocenters. The van der Waals surface area contributed by atoms with Gasteiger partial charge in [0.25, 0.3) is 0 Å². The first-order valence-corrected chi connectivity index (χ1v) is 4.99. The third-order valence-electron chi connectivity index (χ3n) is 2.17. The molecule has 0 saturated heterocycles. The number of nitrogens with zero attached hydrogens (tertiary/aromatic N) is 1. The number of rotatable bonds is 5. The van der Waals surface area contributed by atoms with Gasteiger partial charge in [0.1, 0.15) is 6.04 Å². The van der Waals surface area contributed by atoms with Gasteiger partial charge in [0.2, 0.25) is 11.8 Å². The molecule has 0 rings (SSSR count). The van der Waals surface area contributed by atoms with Crippen molar-refractivity contribution in [3.63, 3.8) is 0 Å². The molecule has 0 radical (unpaired) electrons. The molecular formula is C10H18N2O4. The van der Waals surface area contributed by atoms with Crippen LogP contribution in [-0.4, -0.2) is 47.4 Å². The minimum atomic E-state index is -1.08. The van der Waals surface area contributed by atoms with E-state index in [1.54, 1.807) is 13.8 Å². The molecule has 0 aromatic carbocycles. The van der Waals surface area contributed by atoms with Crippen LogP contribution >= 0.6 is 0 Å². The van der Waals surface area contributed by atoms with Crippen LogP contribution in [0.1, 0.15) is 20.8 Å². The molecule has 0 aliphatic heterocycles. The zero-order valence-electron chi connectivity index (χ0n) is 9.98. The Morgan fingerprint density at radius 1 is 1.31 bits per heavy atom. The topological polar surface area (TPSA) is 86.7 Å². The second-order valence-corrected chi connectivity index (χ2v) is 4.00. The summed E-state index contributed by atoms with van der Waals surface area (Å²) in [5, 5.41) is 11.2. The van der Waals surface area contributed by atoms with Crippen molar-refractivity contribution in [2.45, 2.75) is 26.8 Å². The number of amides is 2. The second-order valence-electron chi connectivity index (χ2n) is 4.00. The Balaban J connectivity index is 4.31. The Labute approximate surface area is 94.6 Å². The van der Waals surface area contributed by atoms with Gasteiger partial charge in [-0.3, -0.25) is 9.59 Å². The van der Waals surface area contributed by atoms with E-state index in [9.17, 15) is 14.4 Å². The lowest BCUT2D eigenvalue weighted by molar-refractivity contribution is -0.143. The van der Waals surface area contributed by atoms with Gasteiger partial charge in [0, 0.05) is 14.0 Å². The number of carbonyl (C=O) groups is 3.